The monoisotopic (exact) mass is 426 g/mol. The Morgan fingerprint density at radius 1 is 1.35 bits per heavy atom. The molecule has 1 fully saturated rings. The molecule has 3 rings (SSSR count). The Morgan fingerprint density at radius 2 is 2.13 bits per heavy atom. The third kappa shape index (κ3) is 5.91. The van der Waals surface area contributed by atoms with Gasteiger partial charge in [-0.2, -0.15) is 0 Å². The Balaban J connectivity index is 1.46. The molecule has 166 valence electrons. The van der Waals surface area contributed by atoms with Crippen LogP contribution in [0.15, 0.2) is 35.3 Å². The molecule has 9 heteroatoms. The van der Waals surface area contributed by atoms with Gasteiger partial charge in [-0.05, 0) is 62.4 Å². The summed E-state index contributed by atoms with van der Waals surface area (Å²) in [5, 5.41) is 8.82. The molecule has 1 saturated heterocycles. The molecule has 3 heterocycles. The van der Waals surface area contributed by atoms with Gasteiger partial charge in [0.05, 0.1) is 6.04 Å². The number of amides is 2. The van der Waals surface area contributed by atoms with Crippen molar-refractivity contribution in [2.75, 3.05) is 12.3 Å². The van der Waals surface area contributed by atoms with Crippen molar-refractivity contribution < 1.29 is 9.59 Å². The van der Waals surface area contributed by atoms with Crippen LogP contribution in [0.5, 0.6) is 0 Å². The third-order valence-corrected chi connectivity index (χ3v) is 5.65. The van der Waals surface area contributed by atoms with Crippen LogP contribution in [0, 0.1) is 12.8 Å². The fourth-order valence-corrected chi connectivity index (χ4v) is 3.73. The van der Waals surface area contributed by atoms with Crippen molar-refractivity contribution in [3.8, 4) is 0 Å². The number of aromatic nitrogens is 2. The normalized spacial score (nSPS) is 19.1. The van der Waals surface area contributed by atoms with Crippen molar-refractivity contribution in [2.45, 2.75) is 45.3 Å². The zero-order chi connectivity index (χ0) is 22.5. The first-order valence-electron chi connectivity index (χ1n) is 10.4. The summed E-state index contributed by atoms with van der Waals surface area (Å²) in [5.41, 5.74) is 8.21. The first-order chi connectivity index (χ1) is 14.7. The topological polar surface area (TPSA) is 131 Å². The van der Waals surface area contributed by atoms with Gasteiger partial charge in [0.25, 0.3) is 5.56 Å². The SMILES string of the molecule is Cc1nc(N)ccc1CNC(=O)[C@H](C)NC(=O)[C@H]1C[C@H](Cc2ccn(C)c(=O)c2)CN1. The minimum Gasteiger partial charge on any atom is -0.384 e. The van der Waals surface area contributed by atoms with Crippen LogP contribution in [0.1, 0.15) is 30.2 Å². The lowest BCUT2D eigenvalue weighted by molar-refractivity contribution is -0.129. The molecule has 1 aliphatic heterocycles. The van der Waals surface area contributed by atoms with Crippen LogP contribution >= 0.6 is 0 Å². The summed E-state index contributed by atoms with van der Waals surface area (Å²) >= 11 is 0. The molecule has 2 aromatic heterocycles. The molecular formula is C22H30N6O3. The van der Waals surface area contributed by atoms with Crippen molar-refractivity contribution in [3.63, 3.8) is 0 Å². The molecule has 0 radical (unpaired) electrons. The van der Waals surface area contributed by atoms with Crippen molar-refractivity contribution in [1.29, 1.82) is 0 Å². The number of pyridine rings is 2. The average Bonchev–Trinajstić information content (AvgIpc) is 3.18. The van der Waals surface area contributed by atoms with Gasteiger partial charge < -0.3 is 26.3 Å². The van der Waals surface area contributed by atoms with E-state index in [4.69, 9.17) is 5.73 Å². The quantitative estimate of drug-likeness (QED) is 0.493. The van der Waals surface area contributed by atoms with Gasteiger partial charge in [0.1, 0.15) is 11.9 Å². The molecule has 3 atom stereocenters. The Hall–Kier alpha value is -3.20. The number of carbonyl (C=O) groups is 2. The Labute approximate surface area is 181 Å². The lowest BCUT2D eigenvalue weighted by atomic mass is 9.97. The highest BCUT2D eigenvalue weighted by Gasteiger charge is 2.31. The summed E-state index contributed by atoms with van der Waals surface area (Å²) in [7, 11) is 1.72. The van der Waals surface area contributed by atoms with E-state index in [-0.39, 0.29) is 29.3 Å². The van der Waals surface area contributed by atoms with E-state index in [1.165, 1.54) is 4.57 Å². The molecule has 2 aromatic rings. The Morgan fingerprint density at radius 3 is 2.84 bits per heavy atom. The minimum absolute atomic E-state index is 0.0393. The molecule has 0 spiro atoms. The van der Waals surface area contributed by atoms with Crippen LogP contribution in [0.3, 0.4) is 0 Å². The zero-order valence-electron chi connectivity index (χ0n) is 18.1. The summed E-state index contributed by atoms with van der Waals surface area (Å²) in [6.45, 7) is 4.50. The van der Waals surface area contributed by atoms with Gasteiger partial charge in [-0.3, -0.25) is 14.4 Å². The summed E-state index contributed by atoms with van der Waals surface area (Å²) in [6.07, 6.45) is 3.15. The number of nitrogens with zero attached hydrogens (tertiary/aromatic N) is 2. The van der Waals surface area contributed by atoms with Crippen LogP contribution in [0.4, 0.5) is 5.82 Å². The van der Waals surface area contributed by atoms with E-state index in [1.807, 2.05) is 19.1 Å². The van der Waals surface area contributed by atoms with Crippen LogP contribution < -0.4 is 27.2 Å². The van der Waals surface area contributed by atoms with Crippen molar-refractivity contribution in [2.24, 2.45) is 13.0 Å². The number of nitrogen functional groups attached to an aromatic ring is 1. The number of carbonyl (C=O) groups excluding carboxylic acids is 2. The minimum atomic E-state index is -0.660. The lowest BCUT2D eigenvalue weighted by Gasteiger charge is -2.17. The molecule has 0 aromatic carbocycles. The Kier molecular flexibility index (Phi) is 7.06. The zero-order valence-corrected chi connectivity index (χ0v) is 18.1. The molecule has 2 amide bonds. The van der Waals surface area contributed by atoms with E-state index in [2.05, 4.69) is 20.9 Å². The maximum Gasteiger partial charge on any atom is 0.250 e. The predicted octanol–water partition coefficient (Wildman–Crippen LogP) is 0.0126. The number of hydrogen-bond donors (Lipinski definition) is 4. The summed E-state index contributed by atoms with van der Waals surface area (Å²) < 4.78 is 1.53. The molecule has 0 bridgehead atoms. The van der Waals surface area contributed by atoms with E-state index in [0.717, 1.165) is 23.2 Å². The fourth-order valence-electron chi connectivity index (χ4n) is 3.73. The summed E-state index contributed by atoms with van der Waals surface area (Å²) in [4.78, 5) is 40.9. The molecule has 0 aliphatic carbocycles. The first kappa shape index (κ1) is 22.5. The number of rotatable bonds is 7. The number of anilines is 1. The van der Waals surface area contributed by atoms with Gasteiger partial charge in [0.15, 0.2) is 0 Å². The van der Waals surface area contributed by atoms with Crippen LogP contribution in [-0.2, 0) is 29.6 Å². The molecule has 31 heavy (non-hydrogen) atoms. The number of aryl methyl sites for hydroxylation is 2. The summed E-state index contributed by atoms with van der Waals surface area (Å²) in [5.74, 6) is 0.233. The van der Waals surface area contributed by atoms with Crippen molar-refractivity contribution in [3.05, 3.63) is 57.6 Å². The molecule has 5 N–H and O–H groups in total. The van der Waals surface area contributed by atoms with E-state index in [1.54, 1.807) is 32.3 Å². The van der Waals surface area contributed by atoms with Crippen LogP contribution in [0.2, 0.25) is 0 Å². The second kappa shape index (κ2) is 9.74. The lowest BCUT2D eigenvalue weighted by Crippen LogP contribution is -2.50. The second-order valence-electron chi connectivity index (χ2n) is 8.18. The fraction of sp³-hybridized carbons (Fsp3) is 0.455. The van der Waals surface area contributed by atoms with E-state index < -0.39 is 6.04 Å². The molecular weight excluding hydrogens is 396 g/mol. The van der Waals surface area contributed by atoms with Gasteiger partial charge in [-0.15, -0.1) is 0 Å². The van der Waals surface area contributed by atoms with Crippen LogP contribution in [0.25, 0.3) is 0 Å². The third-order valence-electron chi connectivity index (χ3n) is 5.65. The highest BCUT2D eigenvalue weighted by Crippen LogP contribution is 2.19. The second-order valence-corrected chi connectivity index (χ2v) is 8.18. The van der Waals surface area contributed by atoms with Gasteiger partial charge in [0.2, 0.25) is 11.8 Å². The maximum absolute atomic E-state index is 12.6. The largest absolute Gasteiger partial charge is 0.384 e. The van der Waals surface area contributed by atoms with Gasteiger partial charge in [0, 0.05) is 31.5 Å². The number of hydrogen-bond acceptors (Lipinski definition) is 6. The highest BCUT2D eigenvalue weighted by atomic mass is 16.2. The van der Waals surface area contributed by atoms with Gasteiger partial charge >= 0.3 is 0 Å². The molecule has 0 saturated carbocycles. The smallest absolute Gasteiger partial charge is 0.250 e. The number of nitrogens with one attached hydrogen (secondary N) is 3. The molecule has 0 unspecified atom stereocenters. The predicted molar refractivity (Wildman–Crippen MR) is 118 cm³/mol. The number of nitrogens with two attached hydrogens (primary N) is 1. The van der Waals surface area contributed by atoms with Gasteiger partial charge in [-0.25, -0.2) is 4.98 Å². The van der Waals surface area contributed by atoms with Crippen molar-refractivity contribution >= 4 is 17.6 Å². The van der Waals surface area contributed by atoms with Crippen molar-refractivity contribution in [1.82, 2.24) is 25.5 Å². The van der Waals surface area contributed by atoms with Crippen LogP contribution in [-0.4, -0.2) is 40.0 Å². The molecule has 9 nitrogen and oxygen atoms in total. The average molecular weight is 427 g/mol. The maximum atomic E-state index is 12.6. The van der Waals surface area contributed by atoms with E-state index in [9.17, 15) is 14.4 Å². The Bertz CT molecular complexity index is 1020. The highest BCUT2D eigenvalue weighted by molar-refractivity contribution is 5.89. The van der Waals surface area contributed by atoms with E-state index >= 15 is 0 Å². The molecule has 1 aliphatic rings. The van der Waals surface area contributed by atoms with E-state index in [0.29, 0.717) is 25.3 Å². The standard InChI is InChI=1S/C22H30N6O3/c1-13-17(4-5-19(23)26-13)12-25-21(30)14(2)27-22(31)18-9-16(11-24-18)8-15-6-7-28(3)20(29)10-15/h4-7,10,14,16,18,24H,8-9,11-12H2,1-3H3,(H2,23,26)(H,25,30)(H,27,31)/t14-,16-,18+/m0/s1. The summed E-state index contributed by atoms with van der Waals surface area (Å²) in [6, 6.07) is 6.07. The first-order valence-corrected chi connectivity index (χ1v) is 10.4. The van der Waals surface area contributed by atoms with Gasteiger partial charge in [-0.1, -0.05) is 6.07 Å².